The Kier molecular flexibility index (Phi) is 6.33. The molecule has 1 aromatic carbocycles. The van der Waals surface area contributed by atoms with Gasteiger partial charge < -0.3 is 9.64 Å². The molecule has 0 aliphatic carbocycles. The summed E-state index contributed by atoms with van der Waals surface area (Å²) in [5.41, 5.74) is 3.80. The van der Waals surface area contributed by atoms with Crippen LogP contribution in [0.4, 0.5) is 0 Å². The van der Waals surface area contributed by atoms with Gasteiger partial charge in [0.1, 0.15) is 5.82 Å². The van der Waals surface area contributed by atoms with Gasteiger partial charge in [-0.05, 0) is 25.1 Å². The standard InChI is InChI=1S/C26H31N5O2/c1-18(2)25-27-14-19(15-28-25)16-30-8-7-20(17-30)24-13-22(21-5-3-4-6-23(21)29-24)26(32)31-9-11-33-12-10-31/h3-6,13-15,18,20H,7-12,16-17H2,1-2H3/t20-/m0/s1. The summed E-state index contributed by atoms with van der Waals surface area (Å²) in [7, 11) is 0. The van der Waals surface area contributed by atoms with Gasteiger partial charge in [-0.1, -0.05) is 32.0 Å². The van der Waals surface area contributed by atoms with Crippen LogP contribution in [0.2, 0.25) is 0 Å². The zero-order valence-corrected chi connectivity index (χ0v) is 19.4. The third-order valence-corrected chi connectivity index (χ3v) is 6.60. The topological polar surface area (TPSA) is 71.5 Å². The molecule has 2 aliphatic heterocycles. The molecule has 172 valence electrons. The van der Waals surface area contributed by atoms with Crippen LogP contribution in [0.5, 0.6) is 0 Å². The van der Waals surface area contributed by atoms with Crippen molar-refractivity contribution in [2.45, 2.75) is 38.6 Å². The van der Waals surface area contributed by atoms with Crippen LogP contribution in [-0.4, -0.2) is 70.1 Å². The molecule has 2 aliphatic rings. The average Bonchev–Trinajstić information content (AvgIpc) is 3.32. The van der Waals surface area contributed by atoms with Gasteiger partial charge in [-0.3, -0.25) is 14.7 Å². The predicted molar refractivity (Wildman–Crippen MR) is 127 cm³/mol. The molecular weight excluding hydrogens is 414 g/mol. The summed E-state index contributed by atoms with van der Waals surface area (Å²) in [4.78, 5) is 31.7. The Morgan fingerprint density at radius 1 is 1.12 bits per heavy atom. The monoisotopic (exact) mass is 445 g/mol. The smallest absolute Gasteiger partial charge is 0.254 e. The maximum atomic E-state index is 13.4. The van der Waals surface area contributed by atoms with E-state index in [0.717, 1.165) is 59.6 Å². The van der Waals surface area contributed by atoms with Gasteiger partial charge in [-0.25, -0.2) is 9.97 Å². The Hall–Kier alpha value is -2.90. The molecule has 4 heterocycles. The van der Waals surface area contributed by atoms with Crippen molar-refractivity contribution in [3.63, 3.8) is 0 Å². The van der Waals surface area contributed by atoms with E-state index in [9.17, 15) is 4.79 Å². The molecule has 0 spiro atoms. The number of nitrogens with zero attached hydrogens (tertiary/aromatic N) is 5. The molecule has 2 fully saturated rings. The fourth-order valence-electron chi connectivity index (χ4n) is 4.74. The highest BCUT2D eigenvalue weighted by Gasteiger charge is 2.28. The first-order valence-electron chi connectivity index (χ1n) is 11.9. The van der Waals surface area contributed by atoms with Crippen LogP contribution in [0.25, 0.3) is 10.9 Å². The van der Waals surface area contributed by atoms with Gasteiger partial charge in [0.15, 0.2) is 0 Å². The van der Waals surface area contributed by atoms with Crippen molar-refractivity contribution in [2.75, 3.05) is 39.4 Å². The Labute approximate surface area is 194 Å². The lowest BCUT2D eigenvalue weighted by Crippen LogP contribution is -2.40. The van der Waals surface area contributed by atoms with E-state index in [1.54, 1.807) is 0 Å². The second kappa shape index (κ2) is 9.53. The second-order valence-electron chi connectivity index (χ2n) is 9.34. The highest BCUT2D eigenvalue weighted by atomic mass is 16.5. The Morgan fingerprint density at radius 3 is 2.64 bits per heavy atom. The van der Waals surface area contributed by atoms with Crippen molar-refractivity contribution in [1.82, 2.24) is 24.8 Å². The van der Waals surface area contributed by atoms with Crippen molar-refractivity contribution in [1.29, 1.82) is 0 Å². The van der Waals surface area contributed by atoms with E-state index < -0.39 is 0 Å². The molecule has 0 bridgehead atoms. The number of likely N-dealkylation sites (tertiary alicyclic amines) is 1. The zero-order valence-electron chi connectivity index (χ0n) is 19.4. The van der Waals surface area contributed by atoms with Gasteiger partial charge in [0.05, 0.1) is 24.3 Å². The van der Waals surface area contributed by atoms with Crippen molar-refractivity contribution in [2.24, 2.45) is 0 Å². The molecule has 1 atom stereocenters. The first-order chi connectivity index (χ1) is 16.1. The number of rotatable bonds is 5. The van der Waals surface area contributed by atoms with Crippen LogP contribution in [0, 0.1) is 0 Å². The number of aromatic nitrogens is 3. The van der Waals surface area contributed by atoms with Gasteiger partial charge in [0, 0.05) is 67.1 Å². The van der Waals surface area contributed by atoms with Crippen LogP contribution < -0.4 is 0 Å². The highest BCUT2D eigenvalue weighted by molar-refractivity contribution is 6.06. The Morgan fingerprint density at radius 2 is 1.88 bits per heavy atom. The van der Waals surface area contributed by atoms with Crippen molar-refractivity contribution < 1.29 is 9.53 Å². The number of hydrogen-bond acceptors (Lipinski definition) is 6. The summed E-state index contributed by atoms with van der Waals surface area (Å²) < 4.78 is 5.44. The number of ether oxygens (including phenoxy) is 1. The molecule has 2 aromatic heterocycles. The lowest BCUT2D eigenvalue weighted by Gasteiger charge is -2.27. The van der Waals surface area contributed by atoms with Crippen molar-refractivity contribution in [3.05, 3.63) is 65.4 Å². The van der Waals surface area contributed by atoms with E-state index in [1.165, 1.54) is 0 Å². The van der Waals surface area contributed by atoms with Crippen LogP contribution in [0.3, 0.4) is 0 Å². The fourth-order valence-corrected chi connectivity index (χ4v) is 4.74. The summed E-state index contributed by atoms with van der Waals surface area (Å²) in [6, 6.07) is 10.0. The summed E-state index contributed by atoms with van der Waals surface area (Å²) in [5, 5.41) is 0.926. The maximum absolute atomic E-state index is 13.4. The highest BCUT2D eigenvalue weighted by Crippen LogP contribution is 2.30. The van der Waals surface area contributed by atoms with E-state index >= 15 is 0 Å². The third-order valence-electron chi connectivity index (χ3n) is 6.60. The summed E-state index contributed by atoms with van der Waals surface area (Å²) in [6.45, 7) is 9.44. The summed E-state index contributed by atoms with van der Waals surface area (Å²) >= 11 is 0. The number of carbonyl (C=O) groups excluding carboxylic acids is 1. The summed E-state index contributed by atoms with van der Waals surface area (Å²) in [6.07, 6.45) is 4.92. The minimum absolute atomic E-state index is 0.0791. The van der Waals surface area contributed by atoms with E-state index in [0.29, 0.717) is 38.1 Å². The van der Waals surface area contributed by atoms with Crippen molar-refractivity contribution >= 4 is 16.8 Å². The minimum Gasteiger partial charge on any atom is -0.378 e. The molecule has 1 amide bonds. The van der Waals surface area contributed by atoms with E-state index in [2.05, 4.69) is 28.7 Å². The quantitative estimate of drug-likeness (QED) is 0.598. The van der Waals surface area contributed by atoms with Gasteiger partial charge in [-0.2, -0.15) is 0 Å². The first-order valence-corrected chi connectivity index (χ1v) is 11.9. The molecule has 0 radical (unpaired) electrons. The number of amides is 1. The largest absolute Gasteiger partial charge is 0.378 e. The molecule has 2 saturated heterocycles. The number of para-hydroxylation sites is 1. The lowest BCUT2D eigenvalue weighted by molar-refractivity contribution is 0.0304. The molecule has 3 aromatic rings. The number of morpholine rings is 1. The number of benzene rings is 1. The lowest BCUT2D eigenvalue weighted by atomic mass is 9.99. The average molecular weight is 446 g/mol. The number of pyridine rings is 1. The van der Waals surface area contributed by atoms with Gasteiger partial charge in [0.25, 0.3) is 5.91 Å². The summed E-state index contributed by atoms with van der Waals surface area (Å²) in [5.74, 6) is 1.61. The van der Waals surface area contributed by atoms with Gasteiger partial charge in [0.2, 0.25) is 0 Å². The fraction of sp³-hybridized carbons (Fsp3) is 0.462. The second-order valence-corrected chi connectivity index (χ2v) is 9.34. The normalized spacial score (nSPS) is 19.5. The SMILES string of the molecule is CC(C)c1ncc(CN2CC[C@H](c3cc(C(=O)N4CCOCC4)c4ccccc4n3)C2)cn1. The number of carbonyl (C=O) groups is 1. The number of fused-ring (bicyclic) bond motifs is 1. The Bertz CT molecular complexity index is 1130. The molecule has 7 heteroatoms. The van der Waals surface area contributed by atoms with Crippen LogP contribution in [0.15, 0.2) is 42.7 Å². The predicted octanol–water partition coefficient (Wildman–Crippen LogP) is 3.61. The van der Waals surface area contributed by atoms with Crippen molar-refractivity contribution in [3.8, 4) is 0 Å². The van der Waals surface area contributed by atoms with Crippen LogP contribution in [0.1, 0.15) is 59.5 Å². The van der Waals surface area contributed by atoms with E-state index in [1.807, 2.05) is 47.6 Å². The molecular formula is C26H31N5O2. The van der Waals surface area contributed by atoms with Gasteiger partial charge in [-0.15, -0.1) is 0 Å². The molecule has 33 heavy (non-hydrogen) atoms. The third kappa shape index (κ3) is 4.75. The number of hydrogen-bond donors (Lipinski definition) is 0. The molecule has 7 nitrogen and oxygen atoms in total. The maximum Gasteiger partial charge on any atom is 0.254 e. The zero-order chi connectivity index (χ0) is 22.8. The Balaban J connectivity index is 1.36. The van der Waals surface area contributed by atoms with Crippen LogP contribution in [-0.2, 0) is 11.3 Å². The van der Waals surface area contributed by atoms with E-state index in [4.69, 9.17) is 9.72 Å². The molecule has 0 saturated carbocycles. The van der Waals surface area contributed by atoms with E-state index in [-0.39, 0.29) is 5.91 Å². The first kappa shape index (κ1) is 21.9. The minimum atomic E-state index is 0.0791. The molecule has 0 unspecified atom stereocenters. The van der Waals surface area contributed by atoms with Crippen LogP contribution >= 0.6 is 0 Å². The van der Waals surface area contributed by atoms with Gasteiger partial charge >= 0.3 is 0 Å². The molecule has 0 N–H and O–H groups in total. The molecule has 5 rings (SSSR count).